The average Bonchev–Trinajstić information content (AvgIpc) is 2.82. The number of carboxylic acids is 1. The second-order valence-corrected chi connectivity index (χ2v) is 7.24. The van der Waals surface area contributed by atoms with E-state index >= 15 is 0 Å². The maximum Gasteiger partial charge on any atom is 0.333 e. The number of carbonyl (C=O) groups excluding carboxylic acids is 1. The van der Waals surface area contributed by atoms with Crippen molar-refractivity contribution in [2.24, 2.45) is 17.8 Å². The molecule has 3 unspecified atom stereocenters. The second kappa shape index (κ2) is 5.44. The van der Waals surface area contributed by atoms with Gasteiger partial charge >= 0.3 is 5.97 Å². The van der Waals surface area contributed by atoms with Crippen LogP contribution in [0.1, 0.15) is 13.3 Å². The summed E-state index contributed by atoms with van der Waals surface area (Å²) in [5, 5.41) is 19.1. The Kier molecular flexibility index (Phi) is 3.74. The van der Waals surface area contributed by atoms with Gasteiger partial charge in [0.2, 0.25) is 0 Å². The molecule has 0 amide bonds. The normalized spacial score (nSPS) is 29.7. The lowest BCUT2D eigenvalue weighted by molar-refractivity contribution is -0.149. The maximum absolute atomic E-state index is 12.7. The molecule has 116 valence electrons. The Labute approximate surface area is 130 Å². The minimum Gasteiger partial charge on any atom is -0.478 e. The summed E-state index contributed by atoms with van der Waals surface area (Å²) >= 11 is 0. The van der Waals surface area contributed by atoms with Crippen LogP contribution in [0.5, 0.6) is 0 Å². The largest absolute Gasteiger partial charge is 0.478 e. The minimum atomic E-state index is -1.59. The number of hydrogen-bond acceptors (Lipinski definition) is 4. The van der Waals surface area contributed by atoms with Gasteiger partial charge in [0.25, 0.3) is 0 Å². The quantitative estimate of drug-likeness (QED) is 0.874. The van der Waals surface area contributed by atoms with Gasteiger partial charge in [0, 0.05) is 15.7 Å². The molecular formula is C16H16O5S. The number of aliphatic carboxylic acids is 1. The van der Waals surface area contributed by atoms with Crippen molar-refractivity contribution < 1.29 is 24.0 Å². The number of rotatable bonds is 4. The number of aliphatic hydroxyl groups is 1. The van der Waals surface area contributed by atoms with Crippen molar-refractivity contribution in [1.29, 1.82) is 0 Å². The molecule has 2 N–H and O–H groups in total. The highest BCUT2D eigenvalue weighted by molar-refractivity contribution is 7.89. The Morgan fingerprint density at radius 1 is 1.32 bits per heavy atom. The zero-order valence-electron chi connectivity index (χ0n) is 11.9. The molecule has 0 radical (unpaired) electrons. The standard InChI is InChI=1S/C16H16O5S/c1-8(17)12-10-7-11(14(16(19)20)13(10)15(12)18)22(21)9-5-3-2-4-6-9/h2-6,8,10,12-13,17H,7H2,1H3,(H,19,20)/t8?,10-,12?,13-,22?/m1/s1. The van der Waals surface area contributed by atoms with Crippen LogP contribution in [0.25, 0.3) is 0 Å². The fraction of sp³-hybridized carbons (Fsp3) is 0.375. The molecular weight excluding hydrogens is 304 g/mol. The van der Waals surface area contributed by atoms with E-state index in [0.29, 0.717) is 9.80 Å². The van der Waals surface area contributed by atoms with E-state index < -0.39 is 34.7 Å². The molecule has 6 heteroatoms. The van der Waals surface area contributed by atoms with Crippen LogP contribution < -0.4 is 0 Å². The highest BCUT2D eigenvalue weighted by Crippen LogP contribution is 2.53. The molecule has 1 aromatic rings. The number of fused-ring (bicyclic) bond motifs is 1. The molecule has 3 rings (SSSR count). The predicted octanol–water partition coefficient (Wildman–Crippen LogP) is 1.35. The number of benzene rings is 1. The summed E-state index contributed by atoms with van der Waals surface area (Å²) < 4.78 is 12.7. The summed E-state index contributed by atoms with van der Waals surface area (Å²) in [6.07, 6.45) is -0.525. The van der Waals surface area contributed by atoms with Crippen LogP contribution in [-0.4, -0.2) is 32.3 Å². The highest BCUT2D eigenvalue weighted by Gasteiger charge is 2.59. The summed E-state index contributed by atoms with van der Waals surface area (Å²) in [5.41, 5.74) is -0.0333. The van der Waals surface area contributed by atoms with Gasteiger partial charge in [-0.1, -0.05) is 18.2 Å². The van der Waals surface area contributed by atoms with Crippen LogP contribution in [-0.2, 0) is 20.4 Å². The summed E-state index contributed by atoms with van der Waals surface area (Å²) in [4.78, 5) is 24.5. The van der Waals surface area contributed by atoms with Gasteiger partial charge in [0.05, 0.1) is 28.4 Å². The first-order chi connectivity index (χ1) is 10.4. The van der Waals surface area contributed by atoms with Gasteiger partial charge in [-0.05, 0) is 31.4 Å². The maximum atomic E-state index is 12.7. The van der Waals surface area contributed by atoms with E-state index in [0.717, 1.165) is 0 Å². The van der Waals surface area contributed by atoms with Crippen LogP contribution >= 0.6 is 0 Å². The van der Waals surface area contributed by atoms with E-state index in [9.17, 15) is 24.0 Å². The van der Waals surface area contributed by atoms with Gasteiger partial charge in [0.15, 0.2) is 0 Å². The second-order valence-electron chi connectivity index (χ2n) is 5.74. The molecule has 0 bridgehead atoms. The Morgan fingerprint density at radius 3 is 2.50 bits per heavy atom. The van der Waals surface area contributed by atoms with Crippen molar-refractivity contribution >= 4 is 22.6 Å². The molecule has 5 nitrogen and oxygen atoms in total. The molecule has 0 spiro atoms. The third kappa shape index (κ3) is 2.14. The molecule has 0 saturated heterocycles. The van der Waals surface area contributed by atoms with Gasteiger partial charge in [-0.3, -0.25) is 4.79 Å². The van der Waals surface area contributed by atoms with E-state index in [4.69, 9.17) is 0 Å². The number of carbonyl (C=O) groups is 2. The van der Waals surface area contributed by atoms with Gasteiger partial charge in [-0.2, -0.15) is 0 Å². The average molecular weight is 320 g/mol. The molecule has 0 aromatic heterocycles. The number of hydrogen-bond donors (Lipinski definition) is 2. The predicted molar refractivity (Wildman–Crippen MR) is 79.3 cm³/mol. The number of Topliss-reactive ketones (excluding diaryl/α,β-unsaturated/α-hetero) is 1. The molecule has 1 saturated carbocycles. The van der Waals surface area contributed by atoms with E-state index in [1.165, 1.54) is 6.92 Å². The first-order valence-corrected chi connectivity index (χ1v) is 8.23. The first kappa shape index (κ1) is 15.1. The van der Waals surface area contributed by atoms with E-state index in [2.05, 4.69) is 0 Å². The molecule has 1 aromatic carbocycles. The Balaban J connectivity index is 1.99. The Hall–Kier alpha value is -1.79. The Morgan fingerprint density at radius 2 is 1.95 bits per heavy atom. The molecule has 5 atom stereocenters. The molecule has 2 aliphatic rings. The van der Waals surface area contributed by atoms with Crippen LogP contribution in [0.3, 0.4) is 0 Å². The lowest BCUT2D eigenvalue weighted by atomic mass is 9.61. The number of carboxylic acid groups (broad SMARTS) is 1. The SMILES string of the molecule is CC(O)C1C(=O)[C@H]2C(C(=O)O)=C(S(=O)c3ccccc3)C[C@H]12. The fourth-order valence-electron chi connectivity index (χ4n) is 3.53. The third-order valence-corrected chi connectivity index (χ3v) is 6.02. The van der Waals surface area contributed by atoms with Crippen molar-refractivity contribution in [3.05, 3.63) is 40.8 Å². The van der Waals surface area contributed by atoms with Crippen LogP contribution in [0.4, 0.5) is 0 Å². The number of allylic oxidation sites excluding steroid dienone is 1. The molecule has 0 heterocycles. The summed E-state index contributed by atoms with van der Waals surface area (Å²) in [6.45, 7) is 1.53. The van der Waals surface area contributed by atoms with E-state index in [-0.39, 0.29) is 23.7 Å². The van der Waals surface area contributed by atoms with Crippen molar-refractivity contribution in [2.75, 3.05) is 0 Å². The monoisotopic (exact) mass is 320 g/mol. The van der Waals surface area contributed by atoms with Crippen molar-refractivity contribution in [1.82, 2.24) is 0 Å². The number of aliphatic hydroxyl groups excluding tert-OH is 1. The van der Waals surface area contributed by atoms with Crippen molar-refractivity contribution in [3.63, 3.8) is 0 Å². The highest BCUT2D eigenvalue weighted by atomic mass is 32.2. The smallest absolute Gasteiger partial charge is 0.333 e. The van der Waals surface area contributed by atoms with Gasteiger partial charge in [-0.15, -0.1) is 0 Å². The lowest BCUT2D eigenvalue weighted by Crippen LogP contribution is -2.51. The molecule has 1 fully saturated rings. The van der Waals surface area contributed by atoms with Gasteiger partial charge in [0.1, 0.15) is 5.78 Å². The summed E-state index contributed by atoms with van der Waals surface area (Å²) in [7, 11) is -1.59. The van der Waals surface area contributed by atoms with Crippen LogP contribution in [0.2, 0.25) is 0 Å². The molecule has 2 aliphatic carbocycles. The van der Waals surface area contributed by atoms with E-state index in [1.54, 1.807) is 30.3 Å². The summed E-state index contributed by atoms with van der Waals surface area (Å²) in [6, 6.07) is 8.62. The van der Waals surface area contributed by atoms with Crippen molar-refractivity contribution in [2.45, 2.75) is 24.3 Å². The topological polar surface area (TPSA) is 91.7 Å². The lowest BCUT2D eigenvalue weighted by Gasteiger charge is -2.40. The van der Waals surface area contributed by atoms with Gasteiger partial charge < -0.3 is 10.2 Å². The van der Waals surface area contributed by atoms with Crippen LogP contribution in [0, 0.1) is 17.8 Å². The van der Waals surface area contributed by atoms with Gasteiger partial charge in [-0.25, -0.2) is 9.00 Å². The van der Waals surface area contributed by atoms with Crippen molar-refractivity contribution in [3.8, 4) is 0 Å². The molecule has 22 heavy (non-hydrogen) atoms. The zero-order valence-corrected chi connectivity index (χ0v) is 12.7. The molecule has 0 aliphatic heterocycles. The Bertz CT molecular complexity index is 692. The minimum absolute atomic E-state index is 0.0333. The van der Waals surface area contributed by atoms with E-state index in [1.807, 2.05) is 0 Å². The third-order valence-electron chi connectivity index (χ3n) is 4.49. The zero-order chi connectivity index (χ0) is 16.0. The first-order valence-electron chi connectivity index (χ1n) is 7.08. The summed E-state index contributed by atoms with van der Waals surface area (Å²) in [5.74, 6) is -2.97. The number of ketones is 1. The fourth-order valence-corrected chi connectivity index (χ4v) is 4.97. The van der Waals surface area contributed by atoms with Crippen LogP contribution in [0.15, 0.2) is 45.7 Å².